The predicted molar refractivity (Wildman–Crippen MR) is 98.1 cm³/mol. The molecule has 1 aromatic heterocycles. The number of aromatic amines is 1. The Labute approximate surface area is 153 Å². The smallest absolute Gasteiger partial charge is 0.309 e. The van der Waals surface area contributed by atoms with Crippen LogP contribution in [-0.4, -0.2) is 22.0 Å². The zero-order valence-electron chi connectivity index (χ0n) is 15.7. The number of aromatic nitrogens is 2. The molecule has 0 spiro atoms. The van der Waals surface area contributed by atoms with Gasteiger partial charge >= 0.3 is 5.97 Å². The maximum Gasteiger partial charge on any atom is 0.309 e. The van der Waals surface area contributed by atoms with Crippen LogP contribution in [0, 0.1) is 29.5 Å². The van der Waals surface area contributed by atoms with Crippen LogP contribution in [-0.2, 0) is 9.53 Å². The first-order chi connectivity index (χ1) is 12.4. The fourth-order valence-corrected chi connectivity index (χ4v) is 4.42. The summed E-state index contributed by atoms with van der Waals surface area (Å²) in [5.41, 5.74) is 1.42. The summed E-state index contributed by atoms with van der Waals surface area (Å²) >= 11 is 0. The number of ether oxygens (including phenoxy) is 1. The van der Waals surface area contributed by atoms with Crippen molar-refractivity contribution in [2.24, 2.45) is 23.7 Å². The van der Waals surface area contributed by atoms with Crippen molar-refractivity contribution in [1.82, 2.24) is 9.97 Å². The minimum atomic E-state index is -0.286. The van der Waals surface area contributed by atoms with Gasteiger partial charge in [0.2, 0.25) is 0 Å². The van der Waals surface area contributed by atoms with Gasteiger partial charge in [-0.2, -0.15) is 0 Å². The largest absolute Gasteiger partial charge is 0.462 e. The molecule has 0 bridgehead atoms. The molecule has 4 rings (SSSR count). The van der Waals surface area contributed by atoms with Gasteiger partial charge in [0.25, 0.3) is 0 Å². The lowest BCUT2D eigenvalue weighted by atomic mass is 9.75. The van der Waals surface area contributed by atoms with Gasteiger partial charge in [-0.15, -0.1) is 0 Å². The number of fused-ring (bicyclic) bond motifs is 1. The van der Waals surface area contributed by atoms with Gasteiger partial charge in [0, 0.05) is 5.92 Å². The number of hydrogen-bond acceptors (Lipinski definition) is 3. The number of imidazole rings is 1. The Balaban J connectivity index is 1.42. The zero-order valence-corrected chi connectivity index (χ0v) is 15.7. The Hall–Kier alpha value is -1.91. The van der Waals surface area contributed by atoms with Crippen LogP contribution in [0.1, 0.15) is 58.2 Å². The van der Waals surface area contributed by atoms with E-state index in [1.165, 1.54) is 18.6 Å². The first-order valence-corrected chi connectivity index (χ1v) is 9.78. The molecule has 140 valence electrons. The van der Waals surface area contributed by atoms with E-state index in [2.05, 4.69) is 30.7 Å². The van der Waals surface area contributed by atoms with Crippen molar-refractivity contribution in [3.05, 3.63) is 29.8 Å². The van der Waals surface area contributed by atoms with Crippen molar-refractivity contribution in [3.8, 4) is 0 Å². The van der Waals surface area contributed by atoms with Gasteiger partial charge < -0.3 is 9.72 Å². The van der Waals surface area contributed by atoms with E-state index in [1.807, 2.05) is 0 Å². The SMILES string of the molecule is CC(C)[C@@H]1CC[C@@H](C)C[C@H]1OC(=O)[C@H]1C[C@@H]1c1nc2ccc(F)cc2[nH]1. The first kappa shape index (κ1) is 17.5. The normalized spacial score (nSPS) is 31.3. The molecule has 2 aromatic rings. The number of nitrogens with one attached hydrogen (secondary N) is 1. The number of carbonyl (C=O) groups is 1. The van der Waals surface area contributed by atoms with Crippen molar-refractivity contribution < 1.29 is 13.9 Å². The van der Waals surface area contributed by atoms with E-state index in [-0.39, 0.29) is 29.7 Å². The van der Waals surface area contributed by atoms with Crippen molar-refractivity contribution >= 4 is 17.0 Å². The molecule has 0 saturated heterocycles. The van der Waals surface area contributed by atoms with Crippen LogP contribution in [0.25, 0.3) is 11.0 Å². The number of rotatable bonds is 4. The number of benzene rings is 1. The molecule has 2 saturated carbocycles. The monoisotopic (exact) mass is 358 g/mol. The number of halogens is 1. The Bertz CT molecular complexity index is 815. The van der Waals surface area contributed by atoms with Gasteiger partial charge in [-0.1, -0.05) is 27.2 Å². The lowest BCUT2D eigenvalue weighted by Gasteiger charge is -2.36. The van der Waals surface area contributed by atoms with Crippen LogP contribution in [0.5, 0.6) is 0 Å². The van der Waals surface area contributed by atoms with Gasteiger partial charge in [-0.05, 0) is 55.2 Å². The lowest BCUT2D eigenvalue weighted by Crippen LogP contribution is -2.36. The topological polar surface area (TPSA) is 55.0 Å². The van der Waals surface area contributed by atoms with Crippen molar-refractivity contribution in [2.45, 2.75) is 58.5 Å². The molecule has 2 fully saturated rings. The summed E-state index contributed by atoms with van der Waals surface area (Å²) in [7, 11) is 0. The summed E-state index contributed by atoms with van der Waals surface area (Å²) in [4.78, 5) is 20.4. The third kappa shape index (κ3) is 3.36. The van der Waals surface area contributed by atoms with Gasteiger partial charge in [-0.25, -0.2) is 9.37 Å². The van der Waals surface area contributed by atoms with Crippen LogP contribution in [0.4, 0.5) is 4.39 Å². The van der Waals surface area contributed by atoms with Crippen LogP contribution in [0.15, 0.2) is 18.2 Å². The Morgan fingerprint density at radius 2 is 2.12 bits per heavy atom. The summed E-state index contributed by atoms with van der Waals surface area (Å²) < 4.78 is 19.3. The third-order valence-electron chi connectivity index (χ3n) is 6.14. The first-order valence-electron chi connectivity index (χ1n) is 9.78. The van der Waals surface area contributed by atoms with Crippen LogP contribution in [0.2, 0.25) is 0 Å². The van der Waals surface area contributed by atoms with Crippen LogP contribution >= 0.6 is 0 Å². The fourth-order valence-electron chi connectivity index (χ4n) is 4.42. The van der Waals surface area contributed by atoms with E-state index >= 15 is 0 Å². The van der Waals surface area contributed by atoms with E-state index in [0.29, 0.717) is 23.3 Å². The third-order valence-corrected chi connectivity index (χ3v) is 6.14. The summed E-state index contributed by atoms with van der Waals surface area (Å²) in [5, 5.41) is 0. The highest BCUT2D eigenvalue weighted by Gasteiger charge is 2.48. The number of hydrogen-bond donors (Lipinski definition) is 1. The zero-order chi connectivity index (χ0) is 18.4. The second-order valence-electron chi connectivity index (χ2n) is 8.53. The highest BCUT2D eigenvalue weighted by molar-refractivity contribution is 5.79. The van der Waals surface area contributed by atoms with Crippen molar-refractivity contribution in [3.63, 3.8) is 0 Å². The van der Waals surface area contributed by atoms with E-state index < -0.39 is 0 Å². The molecule has 4 nitrogen and oxygen atoms in total. The van der Waals surface area contributed by atoms with Gasteiger partial charge in [0.05, 0.1) is 17.0 Å². The molecule has 1 aromatic carbocycles. The Morgan fingerprint density at radius 3 is 2.88 bits per heavy atom. The molecule has 26 heavy (non-hydrogen) atoms. The molecule has 0 amide bonds. The van der Waals surface area contributed by atoms with Gasteiger partial charge in [0.15, 0.2) is 0 Å². The van der Waals surface area contributed by atoms with Crippen molar-refractivity contribution in [2.75, 3.05) is 0 Å². The Morgan fingerprint density at radius 1 is 1.31 bits per heavy atom. The number of carbonyl (C=O) groups excluding carboxylic acids is 1. The lowest BCUT2D eigenvalue weighted by molar-refractivity contribution is -0.157. The fraction of sp³-hybridized carbons (Fsp3) is 0.619. The standard InChI is InChI=1S/C21H27FN2O2/c1-11(2)14-6-4-12(3)8-19(14)26-21(25)16-10-15(16)20-23-17-7-5-13(22)9-18(17)24-20/h5,7,9,11-12,14-16,19H,4,6,8,10H2,1-3H3,(H,23,24)/t12-,14+,15+,16+,19-/m1/s1. The second kappa shape index (κ2) is 6.67. The molecule has 1 N–H and O–H groups in total. The molecule has 1 heterocycles. The van der Waals surface area contributed by atoms with E-state index in [4.69, 9.17) is 4.74 Å². The van der Waals surface area contributed by atoms with E-state index in [1.54, 1.807) is 6.07 Å². The molecule has 0 radical (unpaired) electrons. The predicted octanol–water partition coefficient (Wildman–Crippen LogP) is 4.81. The number of H-pyrrole nitrogens is 1. The molecule has 0 unspecified atom stereocenters. The average Bonchev–Trinajstić information content (AvgIpc) is 3.28. The quantitative estimate of drug-likeness (QED) is 0.798. The molecular formula is C21H27FN2O2. The molecule has 0 aliphatic heterocycles. The molecule has 5 atom stereocenters. The number of esters is 1. The van der Waals surface area contributed by atoms with Crippen LogP contribution < -0.4 is 0 Å². The van der Waals surface area contributed by atoms with Gasteiger partial charge in [-0.3, -0.25) is 4.79 Å². The van der Waals surface area contributed by atoms with Crippen molar-refractivity contribution in [1.29, 1.82) is 0 Å². The molecular weight excluding hydrogens is 331 g/mol. The highest BCUT2D eigenvalue weighted by Crippen LogP contribution is 2.48. The minimum absolute atomic E-state index is 0.0391. The maximum absolute atomic E-state index is 13.3. The maximum atomic E-state index is 13.3. The summed E-state index contributed by atoms with van der Waals surface area (Å²) in [5.74, 6) is 1.94. The molecule has 2 aliphatic rings. The second-order valence-corrected chi connectivity index (χ2v) is 8.53. The summed E-state index contributed by atoms with van der Waals surface area (Å²) in [6, 6.07) is 4.51. The molecule has 5 heteroatoms. The average molecular weight is 358 g/mol. The number of nitrogens with zero attached hydrogens (tertiary/aromatic N) is 1. The molecule has 2 aliphatic carbocycles. The van der Waals surface area contributed by atoms with Crippen LogP contribution in [0.3, 0.4) is 0 Å². The Kier molecular flexibility index (Phi) is 4.49. The highest BCUT2D eigenvalue weighted by atomic mass is 19.1. The summed E-state index contributed by atoms with van der Waals surface area (Å²) in [6.07, 6.45) is 4.13. The van der Waals surface area contributed by atoms with E-state index in [9.17, 15) is 9.18 Å². The van der Waals surface area contributed by atoms with E-state index in [0.717, 1.165) is 30.6 Å². The van der Waals surface area contributed by atoms with Gasteiger partial charge in [0.1, 0.15) is 17.7 Å². The summed E-state index contributed by atoms with van der Waals surface area (Å²) in [6.45, 7) is 6.68. The minimum Gasteiger partial charge on any atom is -0.462 e.